The van der Waals surface area contributed by atoms with Crippen LogP contribution in [0.1, 0.15) is 35.3 Å². The number of benzene rings is 1. The summed E-state index contributed by atoms with van der Waals surface area (Å²) in [5.41, 5.74) is 3.17. The summed E-state index contributed by atoms with van der Waals surface area (Å²) in [6.07, 6.45) is 1.59. The summed E-state index contributed by atoms with van der Waals surface area (Å²) in [7, 11) is 0. The van der Waals surface area contributed by atoms with Gasteiger partial charge in [0.1, 0.15) is 0 Å². The Hall–Kier alpha value is -1.33. The molecule has 0 radical (unpaired) electrons. The van der Waals surface area contributed by atoms with Gasteiger partial charge in [0.2, 0.25) is 0 Å². The van der Waals surface area contributed by atoms with E-state index in [2.05, 4.69) is 12.1 Å². The van der Waals surface area contributed by atoms with E-state index in [4.69, 9.17) is 10.00 Å². The van der Waals surface area contributed by atoms with E-state index < -0.39 is 0 Å². The molecule has 2 aliphatic heterocycles. The van der Waals surface area contributed by atoms with E-state index in [-0.39, 0.29) is 6.10 Å². The predicted octanol–water partition coefficient (Wildman–Crippen LogP) is 2.07. The molecule has 2 nitrogen and oxygen atoms in total. The van der Waals surface area contributed by atoms with Gasteiger partial charge in [-0.05, 0) is 11.6 Å². The summed E-state index contributed by atoms with van der Waals surface area (Å²) < 4.78 is 5.51. The van der Waals surface area contributed by atoms with Crippen molar-refractivity contribution in [3.8, 4) is 6.07 Å². The molecule has 58 valence electrons. The molecule has 2 atom stereocenters. The van der Waals surface area contributed by atoms with Crippen LogP contribution in [0.3, 0.4) is 0 Å². The number of ether oxygens (including phenoxy) is 1. The van der Waals surface area contributed by atoms with Gasteiger partial charge in [0.15, 0.2) is 0 Å². The molecule has 1 aliphatic carbocycles. The van der Waals surface area contributed by atoms with E-state index in [1.165, 1.54) is 5.56 Å². The highest BCUT2D eigenvalue weighted by atomic mass is 16.5. The van der Waals surface area contributed by atoms with E-state index in [0.717, 1.165) is 17.5 Å². The van der Waals surface area contributed by atoms with Gasteiger partial charge in [-0.15, -0.1) is 0 Å². The average Bonchev–Trinajstić information content (AvgIpc) is 2.54. The van der Waals surface area contributed by atoms with Crippen molar-refractivity contribution < 1.29 is 4.74 Å². The van der Waals surface area contributed by atoms with Crippen LogP contribution in [0.2, 0.25) is 0 Å². The van der Waals surface area contributed by atoms with Crippen LogP contribution in [-0.2, 0) is 4.74 Å². The molecule has 4 rings (SSSR count). The van der Waals surface area contributed by atoms with Crippen LogP contribution < -0.4 is 0 Å². The van der Waals surface area contributed by atoms with Crippen LogP contribution in [0.25, 0.3) is 0 Å². The summed E-state index contributed by atoms with van der Waals surface area (Å²) in [5.74, 6) is 0. The van der Waals surface area contributed by atoms with Crippen molar-refractivity contribution in [2.75, 3.05) is 0 Å². The normalized spacial score (nSPS) is 28.9. The number of hydrogen-bond donors (Lipinski definition) is 0. The number of rotatable bonds is 0. The Labute approximate surface area is 70.4 Å². The molecule has 1 aromatic rings. The summed E-state index contributed by atoms with van der Waals surface area (Å²) >= 11 is 0. The fourth-order valence-corrected chi connectivity index (χ4v) is 2.09. The summed E-state index contributed by atoms with van der Waals surface area (Å²) in [4.78, 5) is 0. The molecule has 12 heavy (non-hydrogen) atoms. The third-order valence-corrected chi connectivity index (χ3v) is 2.69. The molecule has 1 saturated heterocycles. The quantitative estimate of drug-likeness (QED) is 0.577. The topological polar surface area (TPSA) is 33.0 Å². The van der Waals surface area contributed by atoms with E-state index in [1.807, 2.05) is 12.1 Å². The molecule has 1 aromatic carbocycles. The van der Waals surface area contributed by atoms with Crippen molar-refractivity contribution in [2.24, 2.45) is 0 Å². The smallest absolute Gasteiger partial charge is 0.0995 e. The van der Waals surface area contributed by atoms with Gasteiger partial charge in [-0.3, -0.25) is 0 Å². The Balaban J connectivity index is 2.30. The molecule has 2 unspecified atom stereocenters. The molecular formula is C10H7NO. The fourth-order valence-electron chi connectivity index (χ4n) is 2.09. The predicted molar refractivity (Wildman–Crippen MR) is 42.3 cm³/mol. The lowest BCUT2D eigenvalue weighted by Gasteiger charge is -2.24. The van der Waals surface area contributed by atoms with Gasteiger partial charge in [-0.1, -0.05) is 12.1 Å². The zero-order chi connectivity index (χ0) is 8.13. The Morgan fingerprint density at radius 3 is 3.00 bits per heavy atom. The first-order valence-electron chi connectivity index (χ1n) is 4.08. The van der Waals surface area contributed by atoms with E-state index >= 15 is 0 Å². The molecule has 0 aromatic heterocycles. The number of nitrogens with zero attached hydrogens (tertiary/aromatic N) is 1. The molecule has 0 N–H and O–H groups in total. The molecule has 2 heterocycles. The third kappa shape index (κ3) is 0.542. The van der Waals surface area contributed by atoms with Gasteiger partial charge in [-0.25, -0.2) is 0 Å². The molecule has 0 saturated carbocycles. The first kappa shape index (κ1) is 6.22. The molecular weight excluding hydrogens is 150 g/mol. The summed E-state index contributed by atoms with van der Waals surface area (Å²) in [6, 6.07) is 8.06. The maximum atomic E-state index is 8.83. The number of nitriles is 1. The second kappa shape index (κ2) is 1.88. The molecule has 2 heteroatoms. The maximum absolute atomic E-state index is 8.83. The zero-order valence-electron chi connectivity index (χ0n) is 6.45. The van der Waals surface area contributed by atoms with Gasteiger partial charge >= 0.3 is 0 Å². The second-order valence-electron chi connectivity index (χ2n) is 3.27. The van der Waals surface area contributed by atoms with E-state index in [9.17, 15) is 0 Å². The minimum atomic E-state index is 0.223. The van der Waals surface area contributed by atoms with Crippen molar-refractivity contribution in [2.45, 2.75) is 18.6 Å². The van der Waals surface area contributed by atoms with Crippen LogP contribution in [0, 0.1) is 11.3 Å². The second-order valence-corrected chi connectivity index (χ2v) is 3.27. The van der Waals surface area contributed by atoms with Crippen molar-refractivity contribution in [1.29, 1.82) is 5.26 Å². The maximum Gasteiger partial charge on any atom is 0.0995 e. The lowest BCUT2D eigenvalue weighted by molar-refractivity contribution is -0.103. The van der Waals surface area contributed by atoms with Crippen LogP contribution >= 0.6 is 0 Å². The van der Waals surface area contributed by atoms with Crippen LogP contribution in [-0.4, -0.2) is 0 Å². The Kier molecular flexibility index (Phi) is 0.973. The summed E-state index contributed by atoms with van der Waals surface area (Å²) in [5, 5.41) is 8.83. The van der Waals surface area contributed by atoms with Crippen molar-refractivity contribution in [1.82, 2.24) is 0 Å². The Morgan fingerprint density at radius 1 is 1.42 bits per heavy atom. The van der Waals surface area contributed by atoms with Crippen LogP contribution in [0.15, 0.2) is 18.2 Å². The lowest BCUT2D eigenvalue weighted by atomic mass is 10.0. The Morgan fingerprint density at radius 2 is 2.25 bits per heavy atom. The highest BCUT2D eigenvalue weighted by molar-refractivity contribution is 5.50. The highest BCUT2D eigenvalue weighted by Gasteiger charge is 2.44. The third-order valence-electron chi connectivity index (χ3n) is 2.69. The summed E-state index contributed by atoms with van der Waals surface area (Å²) in [6.45, 7) is 0. The molecule has 0 spiro atoms. The minimum absolute atomic E-state index is 0.223. The first-order chi connectivity index (χ1) is 5.90. The van der Waals surface area contributed by atoms with Crippen LogP contribution in [0.4, 0.5) is 0 Å². The highest BCUT2D eigenvalue weighted by Crippen LogP contribution is 2.55. The SMILES string of the molecule is N#Cc1cccc2c1C1CC2O1. The Bertz CT molecular complexity index is 385. The zero-order valence-corrected chi connectivity index (χ0v) is 6.45. The van der Waals surface area contributed by atoms with Gasteiger partial charge in [0, 0.05) is 12.0 Å². The molecule has 3 aliphatic rings. The minimum Gasteiger partial charge on any atom is -0.365 e. The largest absolute Gasteiger partial charge is 0.365 e. The van der Waals surface area contributed by atoms with E-state index in [0.29, 0.717) is 6.10 Å². The molecule has 1 fully saturated rings. The lowest BCUT2D eigenvalue weighted by Crippen LogP contribution is -2.11. The van der Waals surface area contributed by atoms with Crippen molar-refractivity contribution in [3.05, 3.63) is 34.9 Å². The molecule has 0 amide bonds. The fraction of sp³-hybridized carbons (Fsp3) is 0.300. The van der Waals surface area contributed by atoms with Gasteiger partial charge < -0.3 is 4.74 Å². The monoisotopic (exact) mass is 157 g/mol. The van der Waals surface area contributed by atoms with Crippen molar-refractivity contribution in [3.63, 3.8) is 0 Å². The van der Waals surface area contributed by atoms with Gasteiger partial charge in [0.25, 0.3) is 0 Å². The number of hydrogen-bond acceptors (Lipinski definition) is 2. The van der Waals surface area contributed by atoms with Crippen LogP contribution in [0.5, 0.6) is 0 Å². The standard InChI is InChI=1S/C10H7NO/c11-5-6-2-1-3-7-8-4-9(12-8)10(6)7/h1-3,8-9H,4H2. The van der Waals surface area contributed by atoms with Gasteiger partial charge in [-0.2, -0.15) is 5.26 Å². The van der Waals surface area contributed by atoms with E-state index in [1.54, 1.807) is 0 Å². The van der Waals surface area contributed by atoms with Gasteiger partial charge in [0.05, 0.1) is 23.8 Å². The average molecular weight is 157 g/mol. The molecule has 2 bridgehead atoms. The van der Waals surface area contributed by atoms with Crippen molar-refractivity contribution >= 4 is 0 Å². The first-order valence-corrected chi connectivity index (χ1v) is 4.08.